The normalized spacial score (nSPS) is 9.86. The van der Waals surface area contributed by atoms with Gasteiger partial charge >= 0.3 is 5.97 Å². The van der Waals surface area contributed by atoms with Gasteiger partial charge in [-0.15, -0.1) is 0 Å². The first-order chi connectivity index (χ1) is 6.63. The van der Waals surface area contributed by atoms with Gasteiger partial charge in [-0.1, -0.05) is 0 Å². The van der Waals surface area contributed by atoms with Gasteiger partial charge < -0.3 is 10.5 Å². The Bertz CT molecular complexity index is 342. The van der Waals surface area contributed by atoms with Crippen molar-refractivity contribution >= 4 is 27.6 Å². The number of esters is 1. The Balaban J connectivity index is 2.68. The summed E-state index contributed by atoms with van der Waals surface area (Å²) in [4.78, 5) is 15.1. The lowest BCUT2D eigenvalue weighted by molar-refractivity contribution is -0.142. The molecule has 0 radical (unpaired) electrons. The standard InChI is InChI=1S/C9H11BrN2O2/c1-2-14-9(13)4-6-3-7(10)8(11)5-12-6/h3,5H,2,4,11H2,1H3. The number of hydrogen-bond acceptors (Lipinski definition) is 4. The number of pyridine rings is 1. The maximum Gasteiger partial charge on any atom is 0.311 e. The minimum atomic E-state index is -0.281. The van der Waals surface area contributed by atoms with Gasteiger partial charge in [0.15, 0.2) is 0 Å². The quantitative estimate of drug-likeness (QED) is 0.836. The van der Waals surface area contributed by atoms with Gasteiger partial charge in [0.05, 0.1) is 30.6 Å². The second-order valence-corrected chi connectivity index (χ2v) is 3.53. The number of carbonyl (C=O) groups excluding carboxylic acids is 1. The Hall–Kier alpha value is -1.10. The van der Waals surface area contributed by atoms with Gasteiger partial charge in [-0.05, 0) is 28.9 Å². The summed E-state index contributed by atoms with van der Waals surface area (Å²) in [6.45, 7) is 2.15. The van der Waals surface area contributed by atoms with Crippen LogP contribution in [0, 0.1) is 0 Å². The highest BCUT2D eigenvalue weighted by Gasteiger charge is 2.06. The van der Waals surface area contributed by atoms with Crippen molar-refractivity contribution in [3.63, 3.8) is 0 Å². The highest BCUT2D eigenvalue weighted by molar-refractivity contribution is 9.10. The molecule has 2 N–H and O–H groups in total. The zero-order valence-electron chi connectivity index (χ0n) is 7.79. The van der Waals surface area contributed by atoms with Gasteiger partial charge in [-0.2, -0.15) is 0 Å². The average Bonchev–Trinajstić information content (AvgIpc) is 2.12. The molecule has 0 fully saturated rings. The lowest BCUT2D eigenvalue weighted by Gasteiger charge is -2.03. The van der Waals surface area contributed by atoms with Gasteiger partial charge in [0.25, 0.3) is 0 Å². The van der Waals surface area contributed by atoms with Crippen molar-refractivity contribution in [2.45, 2.75) is 13.3 Å². The fourth-order valence-electron chi connectivity index (χ4n) is 0.938. The lowest BCUT2D eigenvalue weighted by atomic mass is 10.2. The van der Waals surface area contributed by atoms with E-state index in [0.717, 1.165) is 4.47 Å². The molecule has 0 aliphatic carbocycles. The fourth-order valence-corrected chi connectivity index (χ4v) is 1.30. The third-order valence-corrected chi connectivity index (χ3v) is 2.26. The van der Waals surface area contributed by atoms with E-state index in [4.69, 9.17) is 10.5 Å². The highest BCUT2D eigenvalue weighted by atomic mass is 79.9. The number of aromatic nitrogens is 1. The van der Waals surface area contributed by atoms with Crippen molar-refractivity contribution in [3.05, 3.63) is 22.4 Å². The van der Waals surface area contributed by atoms with Crippen LogP contribution >= 0.6 is 15.9 Å². The first-order valence-electron chi connectivity index (χ1n) is 4.19. The molecule has 0 aliphatic heterocycles. The summed E-state index contributed by atoms with van der Waals surface area (Å²) in [6, 6.07) is 1.71. The van der Waals surface area contributed by atoms with E-state index in [1.807, 2.05) is 0 Å². The summed E-state index contributed by atoms with van der Waals surface area (Å²) >= 11 is 3.26. The van der Waals surface area contributed by atoms with Gasteiger partial charge in [-0.25, -0.2) is 0 Å². The fraction of sp³-hybridized carbons (Fsp3) is 0.333. The number of anilines is 1. The molecule has 0 spiro atoms. The molecule has 76 valence electrons. The van der Waals surface area contributed by atoms with Gasteiger partial charge in [0, 0.05) is 4.47 Å². The SMILES string of the molecule is CCOC(=O)Cc1cc(Br)c(N)cn1. The Morgan fingerprint density at radius 3 is 3.00 bits per heavy atom. The van der Waals surface area contributed by atoms with Gasteiger partial charge in [0.1, 0.15) is 0 Å². The van der Waals surface area contributed by atoms with E-state index >= 15 is 0 Å². The van der Waals surface area contributed by atoms with Gasteiger partial charge in [0.2, 0.25) is 0 Å². The van der Waals surface area contributed by atoms with Crippen LogP contribution in [0.2, 0.25) is 0 Å². The molecule has 0 saturated heterocycles. The number of ether oxygens (including phenoxy) is 1. The summed E-state index contributed by atoms with van der Waals surface area (Å²) < 4.78 is 5.53. The molecular weight excluding hydrogens is 248 g/mol. The smallest absolute Gasteiger partial charge is 0.311 e. The van der Waals surface area contributed by atoms with E-state index in [1.165, 1.54) is 6.20 Å². The summed E-state index contributed by atoms with van der Waals surface area (Å²) in [5.74, 6) is -0.281. The van der Waals surface area contributed by atoms with Crippen molar-refractivity contribution in [3.8, 4) is 0 Å². The predicted molar refractivity (Wildman–Crippen MR) is 56.7 cm³/mol. The summed E-state index contributed by atoms with van der Waals surface area (Å²) in [7, 11) is 0. The van der Waals surface area contributed by atoms with E-state index in [9.17, 15) is 4.79 Å². The molecule has 5 heteroatoms. The largest absolute Gasteiger partial charge is 0.466 e. The first kappa shape index (κ1) is 11.0. The molecule has 0 atom stereocenters. The monoisotopic (exact) mass is 258 g/mol. The minimum absolute atomic E-state index is 0.173. The van der Waals surface area contributed by atoms with Crippen molar-refractivity contribution in [2.75, 3.05) is 12.3 Å². The Labute approximate surface area is 90.6 Å². The van der Waals surface area contributed by atoms with Crippen LogP contribution in [-0.4, -0.2) is 17.6 Å². The summed E-state index contributed by atoms with van der Waals surface area (Å²) in [5.41, 5.74) is 6.75. The van der Waals surface area contributed by atoms with Crippen molar-refractivity contribution in [1.82, 2.24) is 4.98 Å². The number of nitrogens with two attached hydrogens (primary N) is 1. The molecule has 1 heterocycles. The molecule has 0 unspecified atom stereocenters. The Kier molecular flexibility index (Phi) is 3.88. The third-order valence-electron chi connectivity index (χ3n) is 1.57. The summed E-state index contributed by atoms with van der Waals surface area (Å²) in [6.07, 6.45) is 1.69. The number of halogens is 1. The predicted octanol–water partition coefficient (Wildman–Crippen LogP) is 1.53. The first-order valence-corrected chi connectivity index (χ1v) is 4.98. The molecule has 0 aliphatic rings. The van der Waals surface area contributed by atoms with Crippen LogP contribution in [0.15, 0.2) is 16.7 Å². The minimum Gasteiger partial charge on any atom is -0.466 e. The number of carbonyl (C=O) groups is 1. The van der Waals surface area contributed by atoms with Crippen LogP contribution in [0.1, 0.15) is 12.6 Å². The maximum absolute atomic E-state index is 11.1. The van der Waals surface area contributed by atoms with Crippen LogP contribution in [0.4, 0.5) is 5.69 Å². The van der Waals surface area contributed by atoms with Crippen LogP contribution in [0.5, 0.6) is 0 Å². The van der Waals surface area contributed by atoms with Crippen LogP contribution < -0.4 is 5.73 Å². The van der Waals surface area contributed by atoms with Crippen molar-refractivity contribution < 1.29 is 9.53 Å². The number of nitrogen functional groups attached to an aromatic ring is 1. The van der Waals surface area contributed by atoms with Crippen molar-refractivity contribution in [2.24, 2.45) is 0 Å². The molecule has 14 heavy (non-hydrogen) atoms. The molecule has 1 aromatic heterocycles. The number of nitrogens with zero attached hydrogens (tertiary/aromatic N) is 1. The zero-order chi connectivity index (χ0) is 10.6. The summed E-state index contributed by atoms with van der Waals surface area (Å²) in [5, 5.41) is 0. The zero-order valence-corrected chi connectivity index (χ0v) is 9.37. The molecule has 1 rings (SSSR count). The maximum atomic E-state index is 11.1. The van der Waals surface area contributed by atoms with Crippen LogP contribution in [0.25, 0.3) is 0 Å². The van der Waals surface area contributed by atoms with E-state index in [1.54, 1.807) is 13.0 Å². The molecule has 4 nitrogen and oxygen atoms in total. The van der Waals surface area contributed by atoms with E-state index in [-0.39, 0.29) is 12.4 Å². The molecule has 0 amide bonds. The Morgan fingerprint density at radius 2 is 2.43 bits per heavy atom. The number of hydrogen-bond donors (Lipinski definition) is 1. The lowest BCUT2D eigenvalue weighted by Crippen LogP contribution is -2.08. The van der Waals surface area contributed by atoms with E-state index in [0.29, 0.717) is 18.0 Å². The molecule has 0 aromatic carbocycles. The molecule has 0 saturated carbocycles. The average molecular weight is 259 g/mol. The van der Waals surface area contributed by atoms with Gasteiger partial charge in [-0.3, -0.25) is 9.78 Å². The second kappa shape index (κ2) is 4.95. The molecule has 0 bridgehead atoms. The van der Waals surface area contributed by atoms with E-state index < -0.39 is 0 Å². The van der Waals surface area contributed by atoms with E-state index in [2.05, 4.69) is 20.9 Å². The van der Waals surface area contributed by atoms with Crippen LogP contribution in [-0.2, 0) is 16.0 Å². The third kappa shape index (κ3) is 2.99. The highest BCUT2D eigenvalue weighted by Crippen LogP contribution is 2.18. The Morgan fingerprint density at radius 1 is 1.71 bits per heavy atom. The van der Waals surface area contributed by atoms with Crippen LogP contribution in [0.3, 0.4) is 0 Å². The molecular formula is C9H11BrN2O2. The molecule has 1 aromatic rings. The topological polar surface area (TPSA) is 65.2 Å². The number of rotatable bonds is 3. The van der Waals surface area contributed by atoms with Crippen molar-refractivity contribution in [1.29, 1.82) is 0 Å². The second-order valence-electron chi connectivity index (χ2n) is 2.68.